The number of anilines is 1. The Morgan fingerprint density at radius 1 is 0.913 bits per heavy atom. The predicted molar refractivity (Wildman–Crippen MR) is 83.8 cm³/mol. The van der Waals surface area contributed by atoms with E-state index >= 15 is 0 Å². The molecule has 6 heteroatoms. The van der Waals surface area contributed by atoms with Gasteiger partial charge in [-0.2, -0.15) is 0 Å². The molecule has 2 fully saturated rings. The van der Waals surface area contributed by atoms with Crippen molar-refractivity contribution in [2.24, 2.45) is 0 Å². The summed E-state index contributed by atoms with van der Waals surface area (Å²) in [4.78, 5) is 2.23. The fourth-order valence-corrected chi connectivity index (χ4v) is 3.59. The molecular formula is C17H23F3N2O. The number of hydrogen-bond donors (Lipinski definition) is 1. The molecule has 3 nitrogen and oxygen atoms in total. The molecule has 1 aliphatic carbocycles. The molecule has 1 aromatic rings. The van der Waals surface area contributed by atoms with Crippen molar-refractivity contribution in [3.63, 3.8) is 0 Å². The molecule has 2 aliphatic rings. The summed E-state index contributed by atoms with van der Waals surface area (Å²) < 4.78 is 40.4. The van der Waals surface area contributed by atoms with Crippen LogP contribution in [0, 0.1) is 0 Å². The largest absolute Gasteiger partial charge is 0.573 e. The molecule has 0 amide bonds. The molecule has 1 aromatic carbocycles. The Morgan fingerprint density at radius 2 is 1.48 bits per heavy atom. The molecule has 23 heavy (non-hydrogen) atoms. The molecule has 0 radical (unpaired) electrons. The van der Waals surface area contributed by atoms with E-state index in [9.17, 15) is 13.2 Å². The summed E-state index contributed by atoms with van der Waals surface area (Å²) in [6.45, 7) is 1.87. The zero-order chi connectivity index (χ0) is 16.3. The standard InChI is InChI=1S/C17H23F3N2O/c18-17(19,20)23-16-7-5-15(6-8-16)22-11-9-14(10-12-22)21-13-3-1-2-4-13/h5-8,13-14,21H,1-4,9-12H2. The van der Waals surface area contributed by atoms with E-state index in [4.69, 9.17) is 0 Å². The minimum atomic E-state index is -4.63. The van der Waals surface area contributed by atoms with Crippen LogP contribution >= 0.6 is 0 Å². The van der Waals surface area contributed by atoms with Crippen LogP contribution in [0.5, 0.6) is 5.75 Å². The SMILES string of the molecule is FC(F)(F)Oc1ccc(N2CCC(NC3CCCC3)CC2)cc1. The number of alkyl halides is 3. The molecule has 1 saturated carbocycles. The lowest BCUT2D eigenvalue weighted by molar-refractivity contribution is -0.274. The molecule has 0 aromatic heterocycles. The molecule has 1 aliphatic heterocycles. The van der Waals surface area contributed by atoms with Gasteiger partial charge in [0.2, 0.25) is 0 Å². The summed E-state index contributed by atoms with van der Waals surface area (Å²) >= 11 is 0. The van der Waals surface area contributed by atoms with Gasteiger partial charge < -0.3 is 15.0 Å². The quantitative estimate of drug-likeness (QED) is 0.901. The maximum atomic E-state index is 12.2. The lowest BCUT2D eigenvalue weighted by atomic mass is 10.0. The minimum Gasteiger partial charge on any atom is -0.406 e. The third-order valence-corrected chi connectivity index (χ3v) is 4.76. The smallest absolute Gasteiger partial charge is 0.406 e. The Kier molecular flexibility index (Phi) is 4.99. The highest BCUT2D eigenvalue weighted by molar-refractivity contribution is 5.49. The maximum absolute atomic E-state index is 12.2. The van der Waals surface area contributed by atoms with Crippen molar-refractivity contribution in [3.05, 3.63) is 24.3 Å². The number of benzene rings is 1. The third kappa shape index (κ3) is 4.77. The molecule has 1 saturated heterocycles. The van der Waals surface area contributed by atoms with Gasteiger partial charge in [0, 0.05) is 30.9 Å². The Morgan fingerprint density at radius 3 is 2.04 bits per heavy atom. The van der Waals surface area contributed by atoms with Gasteiger partial charge in [-0.1, -0.05) is 12.8 Å². The number of rotatable bonds is 4. The monoisotopic (exact) mass is 328 g/mol. The van der Waals surface area contributed by atoms with Crippen LogP contribution < -0.4 is 15.0 Å². The van der Waals surface area contributed by atoms with Gasteiger partial charge in [-0.25, -0.2) is 0 Å². The molecule has 0 unspecified atom stereocenters. The van der Waals surface area contributed by atoms with Gasteiger partial charge >= 0.3 is 6.36 Å². The second-order valence-electron chi connectivity index (χ2n) is 6.45. The highest BCUT2D eigenvalue weighted by atomic mass is 19.4. The van der Waals surface area contributed by atoms with Crippen LogP contribution in [-0.4, -0.2) is 31.5 Å². The van der Waals surface area contributed by atoms with Gasteiger partial charge in [0.05, 0.1) is 0 Å². The first-order valence-corrected chi connectivity index (χ1v) is 8.36. The van der Waals surface area contributed by atoms with Gasteiger partial charge in [-0.3, -0.25) is 0 Å². The predicted octanol–water partition coefficient (Wildman–Crippen LogP) is 4.09. The van der Waals surface area contributed by atoms with Crippen molar-refractivity contribution >= 4 is 5.69 Å². The van der Waals surface area contributed by atoms with E-state index in [0.29, 0.717) is 12.1 Å². The van der Waals surface area contributed by atoms with E-state index in [-0.39, 0.29) is 5.75 Å². The highest BCUT2D eigenvalue weighted by Gasteiger charge is 2.31. The summed E-state index contributed by atoms with van der Waals surface area (Å²) in [6, 6.07) is 7.42. The Balaban J connectivity index is 1.49. The van der Waals surface area contributed by atoms with Crippen LogP contribution in [0.2, 0.25) is 0 Å². The molecule has 3 rings (SSSR count). The van der Waals surface area contributed by atoms with Gasteiger partial charge in [0.25, 0.3) is 0 Å². The topological polar surface area (TPSA) is 24.5 Å². The third-order valence-electron chi connectivity index (χ3n) is 4.76. The van der Waals surface area contributed by atoms with Crippen molar-refractivity contribution in [1.29, 1.82) is 0 Å². The van der Waals surface area contributed by atoms with E-state index in [0.717, 1.165) is 31.6 Å². The van der Waals surface area contributed by atoms with Crippen molar-refractivity contribution in [1.82, 2.24) is 5.32 Å². The first-order chi connectivity index (χ1) is 11.0. The van der Waals surface area contributed by atoms with Crippen molar-refractivity contribution < 1.29 is 17.9 Å². The first kappa shape index (κ1) is 16.4. The number of nitrogens with one attached hydrogen (secondary N) is 1. The van der Waals surface area contributed by atoms with Crippen LogP contribution in [-0.2, 0) is 0 Å². The fourth-order valence-electron chi connectivity index (χ4n) is 3.59. The summed E-state index contributed by atoms with van der Waals surface area (Å²) in [5.74, 6) is -0.168. The molecule has 1 heterocycles. The van der Waals surface area contributed by atoms with Gasteiger partial charge in [-0.15, -0.1) is 13.2 Å². The van der Waals surface area contributed by atoms with Gasteiger partial charge in [0.15, 0.2) is 0 Å². The van der Waals surface area contributed by atoms with Crippen LogP contribution in [0.15, 0.2) is 24.3 Å². The normalized spacial score (nSPS) is 20.9. The average Bonchev–Trinajstić information content (AvgIpc) is 3.00. The molecule has 0 spiro atoms. The van der Waals surface area contributed by atoms with Crippen LogP contribution in [0.1, 0.15) is 38.5 Å². The number of piperidine rings is 1. The second kappa shape index (κ2) is 6.99. The molecule has 0 bridgehead atoms. The second-order valence-corrected chi connectivity index (χ2v) is 6.45. The van der Waals surface area contributed by atoms with Gasteiger partial charge in [-0.05, 0) is 49.9 Å². The molecule has 128 valence electrons. The number of nitrogens with zero attached hydrogens (tertiary/aromatic N) is 1. The van der Waals surface area contributed by atoms with Crippen LogP contribution in [0.3, 0.4) is 0 Å². The van der Waals surface area contributed by atoms with Crippen molar-refractivity contribution in [3.8, 4) is 5.75 Å². The Labute approximate surface area is 134 Å². The van der Waals surface area contributed by atoms with Crippen LogP contribution in [0.25, 0.3) is 0 Å². The highest BCUT2D eigenvalue weighted by Crippen LogP contribution is 2.27. The van der Waals surface area contributed by atoms with E-state index in [1.807, 2.05) is 0 Å². The number of ether oxygens (including phenoxy) is 1. The van der Waals surface area contributed by atoms with E-state index in [1.54, 1.807) is 12.1 Å². The first-order valence-electron chi connectivity index (χ1n) is 8.36. The Bertz CT molecular complexity index is 490. The van der Waals surface area contributed by atoms with Crippen LogP contribution in [0.4, 0.5) is 18.9 Å². The maximum Gasteiger partial charge on any atom is 0.573 e. The van der Waals surface area contributed by atoms with Crippen molar-refractivity contribution in [2.45, 2.75) is 57.0 Å². The lowest BCUT2D eigenvalue weighted by Crippen LogP contribution is -2.45. The summed E-state index contributed by atoms with van der Waals surface area (Å²) in [7, 11) is 0. The lowest BCUT2D eigenvalue weighted by Gasteiger charge is -2.35. The molecule has 0 atom stereocenters. The number of hydrogen-bond acceptors (Lipinski definition) is 3. The molecule has 1 N–H and O–H groups in total. The fraction of sp³-hybridized carbons (Fsp3) is 0.647. The zero-order valence-electron chi connectivity index (χ0n) is 13.1. The zero-order valence-corrected chi connectivity index (χ0v) is 13.1. The Hall–Kier alpha value is -1.43. The van der Waals surface area contributed by atoms with Gasteiger partial charge in [0.1, 0.15) is 5.75 Å². The van der Waals surface area contributed by atoms with E-state index in [2.05, 4.69) is 15.0 Å². The molecular weight excluding hydrogens is 305 g/mol. The number of halogens is 3. The summed E-state index contributed by atoms with van der Waals surface area (Å²) in [6.07, 6.45) is 2.79. The van der Waals surface area contributed by atoms with E-state index < -0.39 is 6.36 Å². The van der Waals surface area contributed by atoms with E-state index in [1.165, 1.54) is 37.8 Å². The van der Waals surface area contributed by atoms with Crippen molar-refractivity contribution in [2.75, 3.05) is 18.0 Å². The summed E-state index contributed by atoms with van der Waals surface area (Å²) in [5, 5.41) is 3.75. The minimum absolute atomic E-state index is 0.168. The average molecular weight is 328 g/mol. The summed E-state index contributed by atoms with van der Waals surface area (Å²) in [5.41, 5.74) is 0.957.